The number of carbonyl (C=O) groups excluding carboxylic acids is 3. The van der Waals surface area contributed by atoms with Gasteiger partial charge in [-0.25, -0.2) is 9.18 Å². The van der Waals surface area contributed by atoms with Gasteiger partial charge in [-0.3, -0.25) is 9.59 Å². The lowest BCUT2D eigenvalue weighted by atomic mass is 10.2. The quantitative estimate of drug-likeness (QED) is 0.782. The minimum atomic E-state index is -0.388. The number of amides is 4. The summed E-state index contributed by atoms with van der Waals surface area (Å²) < 4.78 is 12.9. The first-order chi connectivity index (χ1) is 13.9. The van der Waals surface area contributed by atoms with Crippen LogP contribution in [-0.4, -0.2) is 53.8 Å². The van der Waals surface area contributed by atoms with Crippen LogP contribution >= 0.6 is 11.6 Å². The van der Waals surface area contributed by atoms with Crippen LogP contribution in [0.2, 0.25) is 5.02 Å². The maximum absolute atomic E-state index is 12.9. The maximum Gasteiger partial charge on any atom is 0.322 e. The van der Waals surface area contributed by atoms with Gasteiger partial charge in [0.15, 0.2) is 0 Å². The Kier molecular flexibility index (Phi) is 6.66. The normalized spacial score (nSPS) is 13.9. The predicted octanol–water partition coefficient (Wildman–Crippen LogP) is 2.47. The van der Waals surface area contributed by atoms with Gasteiger partial charge in [-0.15, -0.1) is 0 Å². The molecule has 2 aromatic carbocycles. The van der Waals surface area contributed by atoms with Crippen LogP contribution in [0.1, 0.15) is 5.56 Å². The molecule has 0 spiro atoms. The zero-order valence-corrected chi connectivity index (χ0v) is 16.3. The van der Waals surface area contributed by atoms with E-state index in [0.717, 1.165) is 5.56 Å². The highest BCUT2D eigenvalue weighted by atomic mass is 35.5. The standard InChI is InChI=1S/C20H20ClFN4O3/c21-15-3-7-17(8-4-15)24-20(29)26-10-9-25(19(28)13-26)12-18(27)23-11-14-1-5-16(22)6-2-14/h1-8H,9-13H2,(H,23,27)(H,24,29). The summed E-state index contributed by atoms with van der Waals surface area (Å²) in [6, 6.07) is 12.1. The van der Waals surface area contributed by atoms with Gasteiger partial charge in [0.25, 0.3) is 0 Å². The van der Waals surface area contributed by atoms with E-state index in [1.54, 1.807) is 36.4 Å². The van der Waals surface area contributed by atoms with Crippen molar-refractivity contribution < 1.29 is 18.8 Å². The van der Waals surface area contributed by atoms with Crippen molar-refractivity contribution in [3.63, 3.8) is 0 Å². The molecule has 0 unspecified atom stereocenters. The molecule has 9 heteroatoms. The molecule has 0 aromatic heterocycles. The average molecular weight is 419 g/mol. The van der Waals surface area contributed by atoms with Crippen molar-refractivity contribution in [2.45, 2.75) is 6.54 Å². The first-order valence-electron chi connectivity index (χ1n) is 9.01. The highest BCUT2D eigenvalue weighted by Crippen LogP contribution is 2.14. The van der Waals surface area contributed by atoms with Gasteiger partial charge in [0.2, 0.25) is 11.8 Å². The lowest BCUT2D eigenvalue weighted by Gasteiger charge is -2.33. The zero-order chi connectivity index (χ0) is 20.8. The molecule has 7 nitrogen and oxygen atoms in total. The third kappa shape index (κ3) is 5.92. The van der Waals surface area contributed by atoms with E-state index in [-0.39, 0.29) is 49.8 Å². The second kappa shape index (κ2) is 9.38. The zero-order valence-electron chi connectivity index (χ0n) is 15.5. The van der Waals surface area contributed by atoms with E-state index < -0.39 is 0 Å². The van der Waals surface area contributed by atoms with Crippen molar-refractivity contribution in [1.82, 2.24) is 15.1 Å². The van der Waals surface area contributed by atoms with E-state index in [1.807, 2.05) is 0 Å². The van der Waals surface area contributed by atoms with Crippen molar-refractivity contribution in [2.24, 2.45) is 0 Å². The Labute approximate surface area is 172 Å². The Bertz CT molecular complexity index is 890. The van der Waals surface area contributed by atoms with Crippen LogP contribution in [0.15, 0.2) is 48.5 Å². The summed E-state index contributed by atoms with van der Waals surface area (Å²) in [7, 11) is 0. The molecule has 29 heavy (non-hydrogen) atoms. The second-order valence-electron chi connectivity index (χ2n) is 6.58. The van der Waals surface area contributed by atoms with Gasteiger partial charge in [-0.1, -0.05) is 23.7 Å². The lowest BCUT2D eigenvalue weighted by molar-refractivity contribution is -0.139. The number of nitrogens with zero attached hydrogens (tertiary/aromatic N) is 2. The summed E-state index contributed by atoms with van der Waals surface area (Å²) in [4.78, 5) is 39.5. The third-order valence-corrected chi connectivity index (χ3v) is 4.69. The molecule has 0 saturated carbocycles. The SMILES string of the molecule is O=C(CN1CCN(C(=O)Nc2ccc(Cl)cc2)CC1=O)NCc1ccc(F)cc1. The van der Waals surface area contributed by atoms with Gasteiger partial charge < -0.3 is 20.4 Å². The number of hydrogen-bond acceptors (Lipinski definition) is 3. The van der Waals surface area contributed by atoms with Crippen molar-refractivity contribution in [3.8, 4) is 0 Å². The van der Waals surface area contributed by atoms with Crippen molar-refractivity contribution in [3.05, 3.63) is 64.9 Å². The van der Waals surface area contributed by atoms with Crippen LogP contribution < -0.4 is 10.6 Å². The average Bonchev–Trinajstić information content (AvgIpc) is 2.71. The molecule has 3 rings (SSSR count). The van der Waals surface area contributed by atoms with Gasteiger partial charge in [-0.05, 0) is 42.0 Å². The third-order valence-electron chi connectivity index (χ3n) is 4.44. The highest BCUT2D eigenvalue weighted by Gasteiger charge is 2.28. The molecule has 1 saturated heterocycles. The summed E-state index contributed by atoms with van der Waals surface area (Å²) in [5.41, 5.74) is 1.34. The monoisotopic (exact) mass is 418 g/mol. The molecular weight excluding hydrogens is 399 g/mol. The molecule has 2 N–H and O–H groups in total. The molecule has 4 amide bonds. The molecule has 1 aliphatic heterocycles. The van der Waals surface area contributed by atoms with E-state index in [9.17, 15) is 18.8 Å². The minimum Gasteiger partial charge on any atom is -0.350 e. The lowest BCUT2D eigenvalue weighted by Crippen LogP contribution is -2.55. The second-order valence-corrected chi connectivity index (χ2v) is 7.01. The van der Waals surface area contributed by atoms with Gasteiger partial charge in [0, 0.05) is 30.3 Å². The Balaban J connectivity index is 1.44. The van der Waals surface area contributed by atoms with Crippen molar-refractivity contribution in [2.75, 3.05) is 31.5 Å². The summed E-state index contributed by atoms with van der Waals surface area (Å²) in [6.45, 7) is 0.626. The summed E-state index contributed by atoms with van der Waals surface area (Å²) >= 11 is 5.82. The van der Waals surface area contributed by atoms with E-state index in [4.69, 9.17) is 11.6 Å². The number of hydrogen-bond donors (Lipinski definition) is 2. The minimum absolute atomic E-state index is 0.0906. The van der Waals surface area contributed by atoms with Crippen molar-refractivity contribution >= 4 is 35.1 Å². The molecule has 0 bridgehead atoms. The fraction of sp³-hybridized carbons (Fsp3) is 0.250. The topological polar surface area (TPSA) is 81.8 Å². The molecule has 1 heterocycles. The highest BCUT2D eigenvalue weighted by molar-refractivity contribution is 6.30. The van der Waals surface area contributed by atoms with Crippen LogP contribution in [0.3, 0.4) is 0 Å². The van der Waals surface area contributed by atoms with Crippen LogP contribution in [0, 0.1) is 5.82 Å². The first-order valence-corrected chi connectivity index (χ1v) is 9.39. The number of urea groups is 1. The summed E-state index contributed by atoms with van der Waals surface area (Å²) in [5, 5.41) is 5.97. The first kappa shape index (κ1) is 20.6. The summed E-state index contributed by atoms with van der Waals surface area (Å²) in [6.07, 6.45) is 0. The van der Waals surface area contributed by atoms with Gasteiger partial charge in [-0.2, -0.15) is 0 Å². The molecule has 152 valence electrons. The van der Waals surface area contributed by atoms with Crippen LogP contribution in [0.25, 0.3) is 0 Å². The van der Waals surface area contributed by atoms with Crippen LogP contribution in [0.4, 0.5) is 14.9 Å². The number of benzene rings is 2. The number of carbonyl (C=O) groups is 3. The van der Waals surface area contributed by atoms with E-state index >= 15 is 0 Å². The molecule has 1 aliphatic rings. The van der Waals surface area contributed by atoms with E-state index in [2.05, 4.69) is 10.6 Å². The molecule has 0 radical (unpaired) electrons. The van der Waals surface area contributed by atoms with E-state index in [0.29, 0.717) is 17.3 Å². The van der Waals surface area contributed by atoms with Crippen LogP contribution in [-0.2, 0) is 16.1 Å². The largest absolute Gasteiger partial charge is 0.350 e. The van der Waals surface area contributed by atoms with Gasteiger partial charge in [0.05, 0.1) is 6.54 Å². The molecule has 2 aromatic rings. The Morgan fingerprint density at radius 1 is 1.03 bits per heavy atom. The predicted molar refractivity (Wildman–Crippen MR) is 107 cm³/mol. The number of anilines is 1. The Morgan fingerprint density at radius 2 is 1.72 bits per heavy atom. The van der Waals surface area contributed by atoms with Gasteiger partial charge in [0.1, 0.15) is 12.4 Å². The molecule has 0 aliphatic carbocycles. The molecular formula is C20H20ClFN4O3. The molecule has 1 fully saturated rings. The smallest absolute Gasteiger partial charge is 0.322 e. The maximum atomic E-state index is 12.9. The van der Waals surface area contributed by atoms with Crippen molar-refractivity contribution in [1.29, 1.82) is 0 Å². The summed E-state index contributed by atoms with van der Waals surface area (Å²) in [5.74, 6) is -0.968. The molecule has 0 atom stereocenters. The van der Waals surface area contributed by atoms with Gasteiger partial charge >= 0.3 is 6.03 Å². The number of piperazine rings is 1. The number of nitrogens with one attached hydrogen (secondary N) is 2. The number of halogens is 2. The fourth-order valence-electron chi connectivity index (χ4n) is 2.82. The fourth-order valence-corrected chi connectivity index (χ4v) is 2.94. The number of rotatable bonds is 5. The van der Waals surface area contributed by atoms with Crippen LogP contribution in [0.5, 0.6) is 0 Å². The Hall–Kier alpha value is -3.13. The Morgan fingerprint density at radius 3 is 2.38 bits per heavy atom. The van der Waals surface area contributed by atoms with E-state index in [1.165, 1.54) is 21.9 Å².